The molecule has 0 radical (unpaired) electrons. The van der Waals surface area contributed by atoms with E-state index in [0.717, 1.165) is 50.7 Å². The first-order chi connectivity index (χ1) is 14.7. The molecule has 152 valence electrons. The predicted molar refractivity (Wildman–Crippen MR) is 119 cm³/mol. The van der Waals surface area contributed by atoms with Crippen LogP contribution < -0.4 is 16.4 Å². The topological polar surface area (TPSA) is 116 Å². The van der Waals surface area contributed by atoms with Crippen LogP contribution in [0.2, 0.25) is 0 Å². The highest BCUT2D eigenvalue weighted by Gasteiger charge is 2.21. The molecule has 0 spiro atoms. The van der Waals surface area contributed by atoms with E-state index in [1.807, 2.05) is 12.1 Å². The van der Waals surface area contributed by atoms with Gasteiger partial charge in [-0.3, -0.25) is 0 Å². The van der Waals surface area contributed by atoms with Gasteiger partial charge < -0.3 is 21.1 Å². The zero-order valence-corrected chi connectivity index (χ0v) is 17.1. The number of nitrogen functional groups attached to an aromatic ring is 1. The van der Waals surface area contributed by atoms with Gasteiger partial charge in [-0.25, -0.2) is 19.9 Å². The first kappa shape index (κ1) is 18.9. The van der Waals surface area contributed by atoms with Gasteiger partial charge in [-0.05, 0) is 17.2 Å². The summed E-state index contributed by atoms with van der Waals surface area (Å²) < 4.78 is 6.59. The molecule has 4 heterocycles. The van der Waals surface area contributed by atoms with E-state index in [1.54, 1.807) is 23.7 Å². The molecule has 1 saturated heterocycles. The number of fused-ring (bicyclic) bond motifs is 1. The fourth-order valence-corrected chi connectivity index (χ4v) is 4.73. The molecule has 8 nitrogen and oxygen atoms in total. The number of thiophene rings is 1. The Morgan fingerprint density at radius 2 is 1.83 bits per heavy atom. The fourth-order valence-electron chi connectivity index (χ4n) is 3.56. The van der Waals surface area contributed by atoms with Crippen molar-refractivity contribution in [2.45, 2.75) is 6.54 Å². The van der Waals surface area contributed by atoms with Crippen molar-refractivity contribution < 1.29 is 4.74 Å². The quantitative estimate of drug-likeness (QED) is 0.519. The Morgan fingerprint density at radius 1 is 1.07 bits per heavy atom. The third-order valence-corrected chi connectivity index (χ3v) is 6.25. The Labute approximate surface area is 177 Å². The van der Waals surface area contributed by atoms with E-state index in [-0.39, 0.29) is 5.95 Å². The zero-order chi connectivity index (χ0) is 20.5. The number of hydrogen-bond acceptors (Lipinski definition) is 9. The van der Waals surface area contributed by atoms with Crippen LogP contribution in [-0.4, -0.2) is 46.2 Å². The van der Waals surface area contributed by atoms with Crippen molar-refractivity contribution >= 4 is 33.3 Å². The van der Waals surface area contributed by atoms with Gasteiger partial charge in [0.05, 0.1) is 29.0 Å². The lowest BCUT2D eigenvalue weighted by Gasteiger charge is -2.28. The molecule has 1 aliphatic heterocycles. The maximum absolute atomic E-state index is 5.97. The zero-order valence-electron chi connectivity index (χ0n) is 16.3. The van der Waals surface area contributed by atoms with Gasteiger partial charge in [0, 0.05) is 36.9 Å². The van der Waals surface area contributed by atoms with Gasteiger partial charge >= 0.3 is 0 Å². The van der Waals surface area contributed by atoms with Crippen molar-refractivity contribution in [2.24, 2.45) is 5.73 Å². The van der Waals surface area contributed by atoms with Gasteiger partial charge in [0.15, 0.2) is 11.6 Å². The Bertz CT molecular complexity index is 1190. The molecule has 0 amide bonds. The van der Waals surface area contributed by atoms with Gasteiger partial charge in [-0.15, -0.1) is 11.3 Å². The van der Waals surface area contributed by atoms with E-state index in [1.165, 1.54) is 0 Å². The maximum Gasteiger partial charge on any atom is 0.219 e. The molecule has 5 rings (SSSR count). The van der Waals surface area contributed by atoms with Crippen LogP contribution in [-0.2, 0) is 11.3 Å². The van der Waals surface area contributed by atoms with Gasteiger partial charge in [-0.1, -0.05) is 24.3 Å². The molecule has 4 aromatic rings. The van der Waals surface area contributed by atoms with Crippen molar-refractivity contribution in [1.29, 1.82) is 0 Å². The Hall–Kier alpha value is -3.14. The number of anilines is 2. The minimum absolute atomic E-state index is 0.226. The summed E-state index contributed by atoms with van der Waals surface area (Å²) in [6.45, 7) is 3.42. The first-order valence-corrected chi connectivity index (χ1v) is 10.5. The van der Waals surface area contributed by atoms with Crippen molar-refractivity contribution in [3.8, 4) is 21.8 Å². The van der Waals surface area contributed by atoms with Gasteiger partial charge in [0.1, 0.15) is 0 Å². The second-order valence-electron chi connectivity index (χ2n) is 6.99. The molecule has 0 aliphatic carbocycles. The highest BCUT2D eigenvalue weighted by molar-refractivity contribution is 7.22. The predicted octanol–water partition coefficient (Wildman–Crippen LogP) is 2.69. The molecule has 1 aromatic carbocycles. The van der Waals surface area contributed by atoms with E-state index in [4.69, 9.17) is 26.2 Å². The summed E-state index contributed by atoms with van der Waals surface area (Å²) in [7, 11) is 0. The Balaban J connectivity index is 1.69. The second-order valence-corrected chi connectivity index (χ2v) is 8.04. The Kier molecular flexibility index (Phi) is 4.99. The summed E-state index contributed by atoms with van der Waals surface area (Å²) in [5.41, 5.74) is 15.5. The largest absolute Gasteiger partial charge is 0.378 e. The molecule has 3 aromatic heterocycles. The summed E-state index contributed by atoms with van der Waals surface area (Å²) in [4.78, 5) is 21.3. The highest BCUT2D eigenvalue weighted by atomic mass is 32.1. The van der Waals surface area contributed by atoms with Gasteiger partial charge in [-0.2, -0.15) is 0 Å². The van der Waals surface area contributed by atoms with Crippen LogP contribution >= 0.6 is 11.3 Å². The molecule has 0 bridgehead atoms. The molecule has 0 unspecified atom stereocenters. The SMILES string of the molecule is NCc1ccccc1-c1cc2nc(-c3cnc(N)nc3)nc(N3CCOCC3)c2s1. The molecular formula is C21H21N7OS. The monoisotopic (exact) mass is 419 g/mol. The van der Waals surface area contributed by atoms with Gasteiger partial charge in [0.2, 0.25) is 5.95 Å². The van der Waals surface area contributed by atoms with Crippen LogP contribution in [0.5, 0.6) is 0 Å². The van der Waals surface area contributed by atoms with Crippen LogP contribution in [0.3, 0.4) is 0 Å². The van der Waals surface area contributed by atoms with Crippen molar-refractivity contribution in [1.82, 2.24) is 19.9 Å². The van der Waals surface area contributed by atoms with Crippen LogP contribution in [0.15, 0.2) is 42.7 Å². The molecule has 0 saturated carbocycles. The average molecular weight is 420 g/mol. The highest BCUT2D eigenvalue weighted by Crippen LogP contribution is 2.39. The molecule has 4 N–H and O–H groups in total. The minimum atomic E-state index is 0.226. The molecule has 30 heavy (non-hydrogen) atoms. The second kappa shape index (κ2) is 7.94. The lowest BCUT2D eigenvalue weighted by molar-refractivity contribution is 0.122. The number of morpholine rings is 1. The number of ether oxygens (including phenoxy) is 1. The third kappa shape index (κ3) is 3.47. The number of benzene rings is 1. The smallest absolute Gasteiger partial charge is 0.219 e. The normalized spacial score (nSPS) is 14.4. The molecular weight excluding hydrogens is 398 g/mol. The lowest BCUT2D eigenvalue weighted by Crippen LogP contribution is -2.36. The molecule has 9 heteroatoms. The molecule has 1 aliphatic rings. The summed E-state index contributed by atoms with van der Waals surface area (Å²) in [5.74, 6) is 1.72. The van der Waals surface area contributed by atoms with Crippen molar-refractivity contribution in [2.75, 3.05) is 36.9 Å². The first-order valence-electron chi connectivity index (χ1n) is 9.73. The van der Waals surface area contributed by atoms with E-state index in [0.29, 0.717) is 25.6 Å². The summed E-state index contributed by atoms with van der Waals surface area (Å²) in [6.07, 6.45) is 3.31. The van der Waals surface area contributed by atoms with Crippen LogP contribution in [0, 0.1) is 0 Å². The van der Waals surface area contributed by atoms with Crippen LogP contribution in [0.1, 0.15) is 5.56 Å². The molecule has 0 atom stereocenters. The van der Waals surface area contributed by atoms with E-state index in [9.17, 15) is 0 Å². The number of nitrogens with zero attached hydrogens (tertiary/aromatic N) is 5. The maximum atomic E-state index is 5.97. The number of rotatable bonds is 4. The van der Waals surface area contributed by atoms with E-state index < -0.39 is 0 Å². The Morgan fingerprint density at radius 3 is 2.60 bits per heavy atom. The lowest BCUT2D eigenvalue weighted by atomic mass is 10.1. The summed E-state index contributed by atoms with van der Waals surface area (Å²) >= 11 is 1.69. The number of nitrogens with two attached hydrogens (primary N) is 2. The van der Waals surface area contributed by atoms with Crippen molar-refractivity contribution in [3.63, 3.8) is 0 Å². The van der Waals surface area contributed by atoms with Gasteiger partial charge in [0.25, 0.3) is 0 Å². The van der Waals surface area contributed by atoms with Crippen LogP contribution in [0.4, 0.5) is 11.8 Å². The van der Waals surface area contributed by atoms with E-state index >= 15 is 0 Å². The minimum Gasteiger partial charge on any atom is -0.378 e. The van der Waals surface area contributed by atoms with E-state index in [2.05, 4.69) is 33.1 Å². The average Bonchev–Trinajstić information content (AvgIpc) is 3.23. The molecule has 1 fully saturated rings. The third-order valence-electron chi connectivity index (χ3n) is 5.10. The number of aromatic nitrogens is 4. The van der Waals surface area contributed by atoms with Crippen LogP contribution in [0.25, 0.3) is 32.0 Å². The summed E-state index contributed by atoms with van der Waals surface area (Å²) in [5, 5.41) is 0. The number of hydrogen-bond donors (Lipinski definition) is 2. The standard InChI is InChI=1S/C21H21N7OS/c22-10-13-3-1-2-4-15(13)17-9-16-18(30-17)20(28-5-7-29-8-6-28)27-19(26-16)14-11-24-21(23)25-12-14/h1-4,9,11-12H,5-8,10,22H2,(H2,23,24,25). The summed E-state index contributed by atoms with van der Waals surface area (Å²) in [6, 6.07) is 10.3. The fraction of sp³-hybridized carbons (Fsp3) is 0.238. The van der Waals surface area contributed by atoms with Crippen molar-refractivity contribution in [3.05, 3.63) is 48.3 Å².